The van der Waals surface area contributed by atoms with Crippen LogP contribution in [0.3, 0.4) is 0 Å². The molecule has 7 rings (SSSR count). The van der Waals surface area contributed by atoms with E-state index in [0.29, 0.717) is 0 Å². The molecule has 3 heteroatoms. The van der Waals surface area contributed by atoms with E-state index in [1.54, 1.807) is 0 Å². The molecule has 1 aromatic heterocycles. The lowest BCUT2D eigenvalue weighted by Crippen LogP contribution is -2.55. The van der Waals surface area contributed by atoms with Crippen molar-refractivity contribution < 1.29 is 4.74 Å². The summed E-state index contributed by atoms with van der Waals surface area (Å²) in [7, 11) is 0. The normalized spacial score (nSPS) is 12.4. The van der Waals surface area contributed by atoms with Crippen molar-refractivity contribution >= 4 is 54.6 Å². The second kappa shape index (κ2) is 7.36. The molecule has 0 amide bonds. The number of thiophene rings is 1. The Kier molecular flexibility index (Phi) is 4.18. The molecule has 0 bridgehead atoms. The summed E-state index contributed by atoms with van der Waals surface area (Å²) in [6.45, 7) is 0.0955. The fourth-order valence-electron chi connectivity index (χ4n) is 5.19. The third-order valence-electron chi connectivity index (χ3n) is 6.64. The molecule has 0 spiro atoms. The molecule has 1 aliphatic heterocycles. The van der Waals surface area contributed by atoms with Gasteiger partial charge in [-0.05, 0) is 51.1 Å². The van der Waals surface area contributed by atoms with E-state index in [1.807, 2.05) is 11.3 Å². The second-order valence-electron chi connectivity index (χ2n) is 8.48. The number of hydrogen-bond donors (Lipinski definition) is 0. The molecule has 1 nitrogen and oxygen atoms in total. The quantitative estimate of drug-likeness (QED) is 0.286. The van der Waals surface area contributed by atoms with Crippen LogP contribution < -0.4 is 21.1 Å². The Bertz CT molecular complexity index is 1610. The van der Waals surface area contributed by atoms with Gasteiger partial charge in [0.25, 0.3) is 6.71 Å². The highest BCUT2D eigenvalue weighted by Crippen LogP contribution is 2.36. The third kappa shape index (κ3) is 2.86. The minimum atomic E-state index is 0.0955. The zero-order chi connectivity index (χ0) is 21.8. The zero-order valence-corrected chi connectivity index (χ0v) is 18.7. The number of hydrogen-bond acceptors (Lipinski definition) is 2. The van der Waals surface area contributed by atoms with Crippen molar-refractivity contribution in [3.63, 3.8) is 0 Å². The summed E-state index contributed by atoms with van der Waals surface area (Å²) in [4.78, 5) is 0. The fraction of sp³-hybridized carbons (Fsp3) is 0. The molecule has 154 valence electrons. The maximum Gasteiger partial charge on any atom is 0.253 e. The van der Waals surface area contributed by atoms with Crippen molar-refractivity contribution in [3.05, 3.63) is 115 Å². The van der Waals surface area contributed by atoms with Crippen LogP contribution in [-0.2, 0) is 0 Å². The number of ether oxygens (including phenoxy) is 1. The van der Waals surface area contributed by atoms with Crippen molar-refractivity contribution in [1.29, 1.82) is 0 Å². The summed E-state index contributed by atoms with van der Waals surface area (Å²) in [5, 5.41) is 2.65. The van der Waals surface area contributed by atoms with Gasteiger partial charge >= 0.3 is 0 Å². The second-order valence-corrected chi connectivity index (χ2v) is 9.53. The van der Waals surface area contributed by atoms with Gasteiger partial charge < -0.3 is 4.74 Å². The average molecular weight is 438 g/mol. The standard InChI is InChI=1S/C30H19BOS/c1-2-10-20(11-3-1)21-18-19-23-22-12-4-9-17-28(22)33-30(23)29(21)31-24-13-5-7-15-26(24)32-27-16-8-6-14-25(27)31/h1-19H. The van der Waals surface area contributed by atoms with Crippen LogP contribution >= 0.6 is 11.3 Å². The summed E-state index contributed by atoms with van der Waals surface area (Å²) in [6, 6.07) is 41.1. The summed E-state index contributed by atoms with van der Waals surface area (Å²) in [5.74, 6) is 1.89. The van der Waals surface area contributed by atoms with E-state index in [-0.39, 0.29) is 6.71 Å². The Hall–Kier alpha value is -3.82. The maximum absolute atomic E-state index is 6.35. The molecule has 5 aromatic carbocycles. The first kappa shape index (κ1) is 18.7. The first-order chi connectivity index (χ1) is 16.4. The highest BCUT2D eigenvalue weighted by Gasteiger charge is 2.35. The van der Waals surface area contributed by atoms with Crippen LogP contribution in [0, 0.1) is 0 Å². The molecule has 0 atom stereocenters. The summed E-state index contributed by atoms with van der Waals surface area (Å²) >= 11 is 1.90. The van der Waals surface area contributed by atoms with Gasteiger partial charge in [-0.25, -0.2) is 0 Å². The molecule has 2 heterocycles. The third-order valence-corrected chi connectivity index (χ3v) is 7.86. The van der Waals surface area contributed by atoms with Crippen LogP contribution in [0.4, 0.5) is 0 Å². The first-order valence-electron chi connectivity index (χ1n) is 11.2. The number of para-hydroxylation sites is 2. The van der Waals surface area contributed by atoms with Gasteiger partial charge in [0.1, 0.15) is 11.5 Å². The maximum atomic E-state index is 6.35. The van der Waals surface area contributed by atoms with Crippen molar-refractivity contribution in [3.8, 4) is 22.6 Å². The number of benzene rings is 5. The predicted molar refractivity (Wildman–Crippen MR) is 142 cm³/mol. The Morgan fingerprint density at radius 1 is 0.545 bits per heavy atom. The Morgan fingerprint density at radius 3 is 1.94 bits per heavy atom. The lowest BCUT2D eigenvalue weighted by atomic mass is 9.35. The van der Waals surface area contributed by atoms with E-state index >= 15 is 0 Å². The van der Waals surface area contributed by atoms with Crippen molar-refractivity contribution in [1.82, 2.24) is 0 Å². The average Bonchev–Trinajstić information content (AvgIpc) is 3.26. The lowest BCUT2D eigenvalue weighted by molar-refractivity contribution is 0.487. The molecule has 0 saturated carbocycles. The van der Waals surface area contributed by atoms with Gasteiger partial charge in [-0.1, -0.05) is 97.1 Å². The smallest absolute Gasteiger partial charge is 0.253 e. The van der Waals surface area contributed by atoms with Crippen LogP contribution in [-0.4, -0.2) is 6.71 Å². The molecule has 0 fully saturated rings. The van der Waals surface area contributed by atoms with Crippen molar-refractivity contribution in [2.45, 2.75) is 0 Å². The van der Waals surface area contributed by atoms with E-state index < -0.39 is 0 Å². The fourth-order valence-corrected chi connectivity index (χ4v) is 6.47. The summed E-state index contributed by atoms with van der Waals surface area (Å²) in [6.07, 6.45) is 0. The summed E-state index contributed by atoms with van der Waals surface area (Å²) in [5.41, 5.74) is 6.33. The SMILES string of the molecule is c1ccc(-c2ccc3c(sc4ccccc43)c2B2c3ccccc3Oc3ccccc32)cc1. The number of rotatable bonds is 2. The van der Waals surface area contributed by atoms with Gasteiger partial charge in [0, 0.05) is 14.8 Å². The van der Waals surface area contributed by atoms with Crippen LogP contribution in [0.5, 0.6) is 11.5 Å². The molecule has 0 unspecified atom stereocenters. The van der Waals surface area contributed by atoms with E-state index in [1.165, 1.54) is 47.7 Å². The molecule has 33 heavy (non-hydrogen) atoms. The minimum absolute atomic E-state index is 0.0955. The molecular weight excluding hydrogens is 419 g/mol. The topological polar surface area (TPSA) is 9.23 Å². The van der Waals surface area contributed by atoms with Crippen LogP contribution in [0.25, 0.3) is 31.3 Å². The Labute approximate surface area is 197 Å². The number of fused-ring (bicyclic) bond motifs is 5. The molecular formula is C30H19BOS. The zero-order valence-electron chi connectivity index (χ0n) is 17.9. The Balaban J connectivity index is 1.64. The van der Waals surface area contributed by atoms with Crippen LogP contribution in [0.1, 0.15) is 0 Å². The van der Waals surface area contributed by atoms with Gasteiger partial charge in [0.15, 0.2) is 0 Å². The molecule has 0 aliphatic carbocycles. The molecule has 0 saturated heterocycles. The van der Waals surface area contributed by atoms with Gasteiger partial charge in [-0.2, -0.15) is 0 Å². The monoisotopic (exact) mass is 438 g/mol. The highest BCUT2D eigenvalue weighted by atomic mass is 32.1. The lowest BCUT2D eigenvalue weighted by Gasteiger charge is -2.28. The molecule has 6 aromatic rings. The van der Waals surface area contributed by atoms with Crippen LogP contribution in [0.2, 0.25) is 0 Å². The van der Waals surface area contributed by atoms with Gasteiger partial charge in [-0.15, -0.1) is 11.3 Å². The highest BCUT2D eigenvalue weighted by molar-refractivity contribution is 7.28. The molecule has 1 aliphatic rings. The van der Waals surface area contributed by atoms with Gasteiger partial charge in [0.2, 0.25) is 0 Å². The largest absolute Gasteiger partial charge is 0.458 e. The predicted octanol–water partition coefficient (Wildman–Crippen LogP) is 6.34. The van der Waals surface area contributed by atoms with Gasteiger partial charge in [0.05, 0.1) is 0 Å². The van der Waals surface area contributed by atoms with Crippen molar-refractivity contribution in [2.75, 3.05) is 0 Å². The van der Waals surface area contributed by atoms with E-state index in [2.05, 4.69) is 115 Å². The summed E-state index contributed by atoms with van der Waals surface area (Å²) < 4.78 is 9.03. The first-order valence-corrected chi connectivity index (χ1v) is 12.1. The van der Waals surface area contributed by atoms with E-state index in [9.17, 15) is 0 Å². The van der Waals surface area contributed by atoms with E-state index in [0.717, 1.165) is 11.5 Å². The van der Waals surface area contributed by atoms with E-state index in [4.69, 9.17) is 4.74 Å². The van der Waals surface area contributed by atoms with Gasteiger partial charge in [-0.3, -0.25) is 0 Å². The molecule has 0 radical (unpaired) electrons. The Morgan fingerprint density at radius 2 is 1.18 bits per heavy atom. The van der Waals surface area contributed by atoms with Crippen LogP contribution in [0.15, 0.2) is 115 Å². The van der Waals surface area contributed by atoms with Crippen molar-refractivity contribution in [2.24, 2.45) is 0 Å². The minimum Gasteiger partial charge on any atom is -0.458 e. The molecule has 0 N–H and O–H groups in total.